The molecule has 0 N–H and O–H groups in total. The molecule has 0 unspecified atom stereocenters. The summed E-state index contributed by atoms with van der Waals surface area (Å²) in [6.45, 7) is 4.88. The van der Waals surface area contributed by atoms with E-state index in [0.717, 1.165) is 18.5 Å². The van der Waals surface area contributed by atoms with Crippen LogP contribution in [-0.4, -0.2) is 47.0 Å². The minimum Gasteiger partial charge on any atom is -0.360 e. The van der Waals surface area contributed by atoms with Crippen molar-refractivity contribution >= 4 is 17.5 Å². The number of benzene rings is 2. The number of hydrogen-bond acceptors (Lipinski definition) is 4. The number of amides is 1. The van der Waals surface area contributed by atoms with Gasteiger partial charge in [-0.1, -0.05) is 35.0 Å². The van der Waals surface area contributed by atoms with E-state index in [1.807, 2.05) is 0 Å². The molecular formula is C23H22ClF2N3O2. The zero-order valence-electron chi connectivity index (χ0n) is 17.1. The molecule has 1 aliphatic rings. The van der Waals surface area contributed by atoms with Gasteiger partial charge in [0.05, 0.1) is 10.6 Å². The first kappa shape index (κ1) is 21.5. The summed E-state index contributed by atoms with van der Waals surface area (Å²) in [4.78, 5) is 17.3. The van der Waals surface area contributed by atoms with E-state index in [-0.39, 0.29) is 33.6 Å². The van der Waals surface area contributed by atoms with Gasteiger partial charge >= 0.3 is 0 Å². The van der Waals surface area contributed by atoms with Gasteiger partial charge in [0.15, 0.2) is 0 Å². The first-order valence-electron chi connectivity index (χ1n) is 10.1. The monoisotopic (exact) mass is 445 g/mol. The van der Waals surface area contributed by atoms with Crippen molar-refractivity contribution in [2.24, 2.45) is 0 Å². The predicted molar refractivity (Wildman–Crippen MR) is 114 cm³/mol. The molecule has 1 aromatic heterocycles. The highest BCUT2D eigenvalue weighted by Crippen LogP contribution is 2.34. The first-order valence-corrected chi connectivity index (χ1v) is 10.5. The number of carbonyl (C=O) groups is 1. The highest BCUT2D eigenvalue weighted by atomic mass is 35.5. The smallest absolute Gasteiger partial charge is 0.259 e. The average Bonchev–Trinajstić information content (AvgIpc) is 2.96. The largest absolute Gasteiger partial charge is 0.360 e. The van der Waals surface area contributed by atoms with E-state index in [4.69, 9.17) is 16.1 Å². The van der Waals surface area contributed by atoms with Crippen molar-refractivity contribution in [1.82, 2.24) is 15.0 Å². The van der Waals surface area contributed by atoms with Crippen molar-refractivity contribution in [3.8, 4) is 11.3 Å². The van der Waals surface area contributed by atoms with E-state index in [0.29, 0.717) is 31.9 Å². The van der Waals surface area contributed by atoms with Crippen LogP contribution in [0.3, 0.4) is 0 Å². The molecule has 1 fully saturated rings. The molecule has 0 aliphatic carbocycles. The quantitative estimate of drug-likeness (QED) is 0.571. The average molecular weight is 446 g/mol. The summed E-state index contributed by atoms with van der Waals surface area (Å²) in [6.07, 6.45) is 0.785. The Morgan fingerprint density at radius 3 is 2.61 bits per heavy atom. The van der Waals surface area contributed by atoms with Crippen LogP contribution >= 0.6 is 11.6 Å². The van der Waals surface area contributed by atoms with Gasteiger partial charge in [0.1, 0.15) is 28.7 Å². The van der Waals surface area contributed by atoms with Crippen LogP contribution in [-0.2, 0) is 6.54 Å². The summed E-state index contributed by atoms with van der Waals surface area (Å²) in [5, 5.41) is 4.11. The lowest BCUT2D eigenvalue weighted by Gasteiger charge is -2.22. The molecule has 31 heavy (non-hydrogen) atoms. The Bertz CT molecular complexity index is 1060. The third kappa shape index (κ3) is 4.62. The van der Waals surface area contributed by atoms with Gasteiger partial charge in [0, 0.05) is 32.7 Å². The molecule has 2 heterocycles. The minimum absolute atomic E-state index is 0.0668. The zero-order chi connectivity index (χ0) is 22.0. The van der Waals surface area contributed by atoms with Crippen LogP contribution in [0.5, 0.6) is 0 Å². The second-order valence-electron chi connectivity index (χ2n) is 7.61. The number of halogens is 3. The molecule has 4 rings (SSSR count). The van der Waals surface area contributed by atoms with E-state index >= 15 is 0 Å². The van der Waals surface area contributed by atoms with Crippen LogP contribution in [0.4, 0.5) is 8.78 Å². The topological polar surface area (TPSA) is 49.6 Å². The minimum atomic E-state index is -0.559. The second kappa shape index (κ2) is 9.16. The molecule has 1 saturated heterocycles. The van der Waals surface area contributed by atoms with Crippen LogP contribution < -0.4 is 0 Å². The van der Waals surface area contributed by atoms with Gasteiger partial charge in [0.25, 0.3) is 5.91 Å². The van der Waals surface area contributed by atoms with Gasteiger partial charge in [-0.3, -0.25) is 9.69 Å². The van der Waals surface area contributed by atoms with Crippen LogP contribution in [0.25, 0.3) is 11.3 Å². The van der Waals surface area contributed by atoms with Gasteiger partial charge in [-0.2, -0.15) is 0 Å². The van der Waals surface area contributed by atoms with Crippen LogP contribution in [0.2, 0.25) is 5.02 Å². The van der Waals surface area contributed by atoms with Crippen molar-refractivity contribution in [3.63, 3.8) is 0 Å². The molecule has 0 spiro atoms. The number of nitrogens with zero attached hydrogens (tertiary/aromatic N) is 3. The molecule has 0 bridgehead atoms. The Morgan fingerprint density at radius 1 is 1.10 bits per heavy atom. The predicted octanol–water partition coefficient (Wildman–Crippen LogP) is 4.93. The summed E-state index contributed by atoms with van der Waals surface area (Å²) in [6, 6.07) is 10.8. The van der Waals surface area contributed by atoms with Gasteiger partial charge in [-0.15, -0.1) is 0 Å². The Balaban J connectivity index is 1.52. The van der Waals surface area contributed by atoms with E-state index in [1.54, 1.807) is 30.0 Å². The highest BCUT2D eigenvalue weighted by molar-refractivity contribution is 6.33. The van der Waals surface area contributed by atoms with Crippen molar-refractivity contribution in [3.05, 3.63) is 76.0 Å². The second-order valence-corrected chi connectivity index (χ2v) is 8.01. The van der Waals surface area contributed by atoms with Gasteiger partial charge in [-0.05, 0) is 43.2 Å². The number of rotatable bonds is 4. The van der Waals surface area contributed by atoms with Crippen LogP contribution in [0.15, 0.2) is 47.0 Å². The molecule has 0 saturated carbocycles. The maximum Gasteiger partial charge on any atom is 0.259 e. The van der Waals surface area contributed by atoms with Crippen LogP contribution in [0, 0.1) is 18.6 Å². The normalized spacial score (nSPS) is 15.2. The third-order valence-corrected chi connectivity index (χ3v) is 5.79. The molecular weight excluding hydrogens is 424 g/mol. The summed E-state index contributed by atoms with van der Waals surface area (Å²) in [5.41, 5.74) is 1.45. The molecule has 0 radical (unpaired) electrons. The van der Waals surface area contributed by atoms with E-state index < -0.39 is 5.82 Å². The molecule has 2 aromatic carbocycles. The molecule has 162 valence electrons. The Labute approximate surface area is 184 Å². The summed E-state index contributed by atoms with van der Waals surface area (Å²) >= 11 is 6.19. The molecule has 1 aliphatic heterocycles. The Morgan fingerprint density at radius 2 is 1.87 bits per heavy atom. The van der Waals surface area contributed by atoms with Crippen LogP contribution in [0.1, 0.15) is 28.1 Å². The maximum absolute atomic E-state index is 14.5. The lowest BCUT2D eigenvalue weighted by Crippen LogP contribution is -2.35. The Hall–Kier alpha value is -2.77. The standard InChI is InChI=1S/C23H22ClF2N3O2/c1-15-20(22(27-31-15)21-18(24)4-2-5-19(21)26)23(30)29-11-3-10-28(12-13-29)14-16-6-8-17(25)9-7-16/h2,4-9H,3,10-14H2,1H3. The molecule has 5 nitrogen and oxygen atoms in total. The van der Waals surface area contributed by atoms with Gasteiger partial charge < -0.3 is 9.42 Å². The number of hydrogen-bond donors (Lipinski definition) is 0. The lowest BCUT2D eigenvalue weighted by molar-refractivity contribution is 0.0760. The number of carbonyl (C=O) groups excluding carboxylic acids is 1. The summed E-state index contributed by atoms with van der Waals surface area (Å²) < 4.78 is 32.8. The van der Waals surface area contributed by atoms with E-state index in [2.05, 4.69) is 10.1 Å². The van der Waals surface area contributed by atoms with Crippen molar-refractivity contribution < 1.29 is 18.1 Å². The zero-order valence-corrected chi connectivity index (χ0v) is 17.8. The third-order valence-electron chi connectivity index (χ3n) is 5.47. The van der Waals surface area contributed by atoms with Gasteiger partial charge in [-0.25, -0.2) is 8.78 Å². The van der Waals surface area contributed by atoms with Crippen molar-refractivity contribution in [2.45, 2.75) is 19.9 Å². The fourth-order valence-electron chi connectivity index (χ4n) is 3.86. The van der Waals surface area contributed by atoms with E-state index in [1.165, 1.54) is 24.3 Å². The van der Waals surface area contributed by atoms with E-state index in [9.17, 15) is 13.6 Å². The number of aryl methyl sites for hydroxylation is 1. The molecule has 8 heteroatoms. The Kier molecular flexibility index (Phi) is 6.34. The summed E-state index contributed by atoms with van der Waals surface area (Å²) in [7, 11) is 0. The number of aromatic nitrogens is 1. The maximum atomic E-state index is 14.5. The fourth-order valence-corrected chi connectivity index (χ4v) is 4.11. The molecule has 0 atom stereocenters. The lowest BCUT2D eigenvalue weighted by atomic mass is 10.0. The molecule has 3 aromatic rings. The highest BCUT2D eigenvalue weighted by Gasteiger charge is 2.29. The van der Waals surface area contributed by atoms with Crippen molar-refractivity contribution in [2.75, 3.05) is 26.2 Å². The van der Waals surface area contributed by atoms with Gasteiger partial charge in [0.2, 0.25) is 0 Å². The summed E-state index contributed by atoms with van der Waals surface area (Å²) in [5.74, 6) is -0.745. The fraction of sp³-hybridized carbons (Fsp3) is 0.304. The SMILES string of the molecule is Cc1onc(-c2c(F)cccc2Cl)c1C(=O)N1CCCN(Cc2ccc(F)cc2)CC1. The first-order chi connectivity index (χ1) is 14.9. The molecule has 1 amide bonds. The van der Waals surface area contributed by atoms with Crippen molar-refractivity contribution in [1.29, 1.82) is 0 Å².